The third-order valence-corrected chi connectivity index (χ3v) is 4.79. The monoisotopic (exact) mass is 325 g/mol. The maximum Gasteiger partial charge on any atom is 0.317 e. The van der Waals surface area contributed by atoms with Crippen LogP contribution >= 0.6 is 0 Å². The third-order valence-electron chi connectivity index (χ3n) is 4.79. The van der Waals surface area contributed by atoms with Crippen LogP contribution in [-0.2, 0) is 9.59 Å². The quantitative estimate of drug-likeness (QED) is 0.800. The van der Waals surface area contributed by atoms with Crippen molar-refractivity contribution in [3.05, 3.63) is 0 Å². The van der Waals surface area contributed by atoms with Crippen LogP contribution in [0.25, 0.3) is 0 Å². The number of carbonyl (C=O) groups is 3. The summed E-state index contributed by atoms with van der Waals surface area (Å²) in [4.78, 5) is 38.6. The predicted octanol–water partition coefficient (Wildman–Crippen LogP) is 1.43. The van der Waals surface area contributed by atoms with Crippen molar-refractivity contribution in [2.24, 2.45) is 0 Å². The van der Waals surface area contributed by atoms with Crippen molar-refractivity contribution in [1.29, 1.82) is 0 Å². The first kappa shape index (κ1) is 17.6. The van der Waals surface area contributed by atoms with Crippen molar-refractivity contribution < 1.29 is 19.5 Å². The van der Waals surface area contributed by atoms with Crippen molar-refractivity contribution in [3.8, 4) is 0 Å². The standard InChI is InChI=1S/C16H27N3O4/c1-18(11-9-14(20)21)16(23)17-13-8-5-10-19(15(13)22)12-6-3-2-4-7-12/h12-13H,2-11H2,1H3,(H,17,23)(H,20,21). The van der Waals surface area contributed by atoms with E-state index in [1.807, 2.05) is 4.90 Å². The van der Waals surface area contributed by atoms with E-state index in [9.17, 15) is 14.4 Å². The Morgan fingerprint density at radius 1 is 1.22 bits per heavy atom. The highest BCUT2D eigenvalue weighted by Gasteiger charge is 2.34. The Hall–Kier alpha value is -1.79. The highest BCUT2D eigenvalue weighted by Crippen LogP contribution is 2.26. The molecular weight excluding hydrogens is 298 g/mol. The van der Waals surface area contributed by atoms with Gasteiger partial charge < -0.3 is 20.2 Å². The fraction of sp³-hybridized carbons (Fsp3) is 0.812. The van der Waals surface area contributed by atoms with Crippen LogP contribution in [0.3, 0.4) is 0 Å². The summed E-state index contributed by atoms with van der Waals surface area (Å²) in [6.07, 6.45) is 7.15. The summed E-state index contributed by atoms with van der Waals surface area (Å²) >= 11 is 0. The highest BCUT2D eigenvalue weighted by atomic mass is 16.4. The summed E-state index contributed by atoms with van der Waals surface area (Å²) in [5.41, 5.74) is 0. The number of nitrogens with one attached hydrogen (secondary N) is 1. The summed E-state index contributed by atoms with van der Waals surface area (Å²) < 4.78 is 0. The fourth-order valence-corrected chi connectivity index (χ4v) is 3.41. The second-order valence-electron chi connectivity index (χ2n) is 6.53. The molecule has 1 atom stereocenters. The van der Waals surface area contributed by atoms with Gasteiger partial charge in [0, 0.05) is 26.2 Å². The van der Waals surface area contributed by atoms with Gasteiger partial charge in [-0.1, -0.05) is 19.3 Å². The van der Waals surface area contributed by atoms with E-state index < -0.39 is 12.0 Å². The topological polar surface area (TPSA) is 89.9 Å². The minimum absolute atomic E-state index is 0.0168. The summed E-state index contributed by atoms with van der Waals surface area (Å²) in [6, 6.07) is -0.541. The molecule has 0 aromatic carbocycles. The van der Waals surface area contributed by atoms with Gasteiger partial charge in [-0.15, -0.1) is 0 Å². The van der Waals surface area contributed by atoms with Crippen LogP contribution in [0.5, 0.6) is 0 Å². The maximum atomic E-state index is 12.6. The normalized spacial score (nSPS) is 22.7. The Morgan fingerprint density at radius 3 is 2.57 bits per heavy atom. The van der Waals surface area contributed by atoms with E-state index in [0.29, 0.717) is 12.5 Å². The molecule has 23 heavy (non-hydrogen) atoms. The maximum absolute atomic E-state index is 12.6. The van der Waals surface area contributed by atoms with Crippen molar-refractivity contribution in [2.75, 3.05) is 20.1 Å². The molecule has 1 heterocycles. The Balaban J connectivity index is 1.87. The molecule has 7 heteroatoms. The number of urea groups is 1. The molecule has 1 saturated heterocycles. The average molecular weight is 325 g/mol. The zero-order chi connectivity index (χ0) is 16.8. The van der Waals surface area contributed by atoms with E-state index in [-0.39, 0.29) is 24.9 Å². The second-order valence-corrected chi connectivity index (χ2v) is 6.53. The molecule has 7 nitrogen and oxygen atoms in total. The zero-order valence-corrected chi connectivity index (χ0v) is 13.8. The number of carboxylic acid groups (broad SMARTS) is 1. The molecule has 2 N–H and O–H groups in total. The molecule has 2 rings (SSSR count). The first-order valence-electron chi connectivity index (χ1n) is 8.53. The van der Waals surface area contributed by atoms with E-state index in [4.69, 9.17) is 5.11 Å². The molecule has 0 bridgehead atoms. The van der Waals surface area contributed by atoms with Crippen molar-refractivity contribution in [3.63, 3.8) is 0 Å². The molecule has 0 aromatic rings. The molecule has 0 radical (unpaired) electrons. The minimum Gasteiger partial charge on any atom is -0.481 e. The van der Waals surface area contributed by atoms with Crippen LogP contribution in [0.4, 0.5) is 4.79 Å². The van der Waals surface area contributed by atoms with Gasteiger partial charge in [0.2, 0.25) is 5.91 Å². The van der Waals surface area contributed by atoms with E-state index in [0.717, 1.165) is 25.8 Å². The molecule has 1 saturated carbocycles. The summed E-state index contributed by atoms with van der Waals surface area (Å²) in [7, 11) is 1.55. The van der Waals surface area contributed by atoms with Gasteiger partial charge in [0.25, 0.3) is 0 Å². The van der Waals surface area contributed by atoms with Crippen molar-refractivity contribution in [1.82, 2.24) is 15.1 Å². The van der Waals surface area contributed by atoms with E-state index in [1.54, 1.807) is 7.05 Å². The zero-order valence-electron chi connectivity index (χ0n) is 13.8. The number of carboxylic acids is 1. The Bertz CT molecular complexity index is 449. The van der Waals surface area contributed by atoms with Crippen molar-refractivity contribution in [2.45, 2.75) is 63.5 Å². The molecule has 3 amide bonds. The van der Waals surface area contributed by atoms with Crippen molar-refractivity contribution >= 4 is 17.9 Å². The van der Waals surface area contributed by atoms with Gasteiger partial charge in [-0.25, -0.2) is 4.79 Å². The number of hydrogen-bond acceptors (Lipinski definition) is 3. The summed E-state index contributed by atoms with van der Waals surface area (Å²) in [5, 5.41) is 11.4. The van der Waals surface area contributed by atoms with E-state index in [1.165, 1.54) is 24.2 Å². The SMILES string of the molecule is CN(CCC(=O)O)C(=O)NC1CCCN(C2CCCCC2)C1=O. The van der Waals surface area contributed by atoms with Gasteiger partial charge in [-0.05, 0) is 25.7 Å². The average Bonchev–Trinajstić information content (AvgIpc) is 2.55. The lowest BCUT2D eigenvalue weighted by Gasteiger charge is -2.40. The third kappa shape index (κ3) is 4.84. The van der Waals surface area contributed by atoms with Crippen LogP contribution in [0.15, 0.2) is 0 Å². The number of likely N-dealkylation sites (tertiary alicyclic amines) is 1. The molecule has 1 unspecified atom stereocenters. The lowest BCUT2D eigenvalue weighted by molar-refractivity contribution is -0.139. The molecule has 0 aromatic heterocycles. The van der Waals surface area contributed by atoms with Gasteiger partial charge in [0.05, 0.1) is 6.42 Å². The summed E-state index contributed by atoms with van der Waals surface area (Å²) in [6.45, 7) is 0.916. The van der Waals surface area contributed by atoms with E-state index >= 15 is 0 Å². The van der Waals surface area contributed by atoms with E-state index in [2.05, 4.69) is 5.32 Å². The first-order valence-corrected chi connectivity index (χ1v) is 8.53. The van der Waals surface area contributed by atoms with Crippen LogP contribution in [0.1, 0.15) is 51.4 Å². The molecule has 2 aliphatic rings. The Kier molecular flexibility index (Phi) is 6.24. The number of aliphatic carboxylic acids is 1. The Labute approximate surface area is 137 Å². The Morgan fingerprint density at radius 2 is 1.91 bits per heavy atom. The highest BCUT2D eigenvalue weighted by molar-refractivity contribution is 5.87. The van der Waals surface area contributed by atoms with Crippen LogP contribution in [-0.4, -0.2) is 65.0 Å². The van der Waals surface area contributed by atoms with Gasteiger partial charge >= 0.3 is 12.0 Å². The number of hydrogen-bond donors (Lipinski definition) is 2. The molecule has 0 spiro atoms. The molecule has 130 valence electrons. The molecular formula is C16H27N3O4. The van der Waals surface area contributed by atoms with Crippen LogP contribution < -0.4 is 5.32 Å². The molecule has 2 fully saturated rings. The fourth-order valence-electron chi connectivity index (χ4n) is 3.41. The lowest BCUT2D eigenvalue weighted by atomic mass is 9.91. The summed E-state index contributed by atoms with van der Waals surface area (Å²) in [5.74, 6) is -0.926. The van der Waals surface area contributed by atoms with Gasteiger partial charge in [-0.2, -0.15) is 0 Å². The van der Waals surface area contributed by atoms with Gasteiger partial charge in [0.1, 0.15) is 6.04 Å². The number of piperidine rings is 1. The van der Waals surface area contributed by atoms with Crippen LogP contribution in [0, 0.1) is 0 Å². The molecule has 1 aliphatic carbocycles. The lowest BCUT2D eigenvalue weighted by Crippen LogP contribution is -2.57. The number of rotatable bonds is 5. The van der Waals surface area contributed by atoms with Crippen LogP contribution in [0.2, 0.25) is 0 Å². The minimum atomic E-state index is -0.943. The smallest absolute Gasteiger partial charge is 0.317 e. The first-order chi connectivity index (χ1) is 11.0. The number of nitrogens with zero attached hydrogens (tertiary/aromatic N) is 2. The number of carbonyl (C=O) groups excluding carboxylic acids is 2. The predicted molar refractivity (Wildman–Crippen MR) is 85.0 cm³/mol. The number of amides is 3. The largest absolute Gasteiger partial charge is 0.481 e. The second kappa shape index (κ2) is 8.17. The van der Waals surface area contributed by atoms with Gasteiger partial charge in [-0.3, -0.25) is 9.59 Å². The molecule has 1 aliphatic heterocycles. The van der Waals surface area contributed by atoms with Gasteiger partial charge in [0.15, 0.2) is 0 Å².